The van der Waals surface area contributed by atoms with Crippen LogP contribution in [0.5, 0.6) is 0 Å². The average Bonchev–Trinajstić information content (AvgIpc) is 2.19. The fraction of sp³-hybridized carbons (Fsp3) is 1.00. The summed E-state index contributed by atoms with van der Waals surface area (Å²) < 4.78 is 0. The Morgan fingerprint density at radius 2 is 1.86 bits per heavy atom. The van der Waals surface area contributed by atoms with Gasteiger partial charge in [-0.25, -0.2) is 0 Å². The van der Waals surface area contributed by atoms with Gasteiger partial charge >= 0.3 is 0 Å². The second-order valence-electron chi connectivity index (χ2n) is 5.08. The smallest absolute Gasteiger partial charge is 0.00843 e. The maximum atomic E-state index is 3.72. The summed E-state index contributed by atoms with van der Waals surface area (Å²) in [5.41, 5.74) is 0. The monoisotopic (exact) mass is 196 g/mol. The summed E-state index contributed by atoms with van der Waals surface area (Å²) in [6.45, 7) is 3.56. The SMILES string of the molecule is CC1CCCC(CC2CCCCN2)N1. The molecular weight excluding hydrogens is 172 g/mol. The van der Waals surface area contributed by atoms with Crippen molar-refractivity contribution in [3.63, 3.8) is 0 Å². The van der Waals surface area contributed by atoms with E-state index in [-0.39, 0.29) is 0 Å². The van der Waals surface area contributed by atoms with E-state index in [1.807, 2.05) is 0 Å². The van der Waals surface area contributed by atoms with Crippen molar-refractivity contribution in [2.24, 2.45) is 0 Å². The van der Waals surface area contributed by atoms with Crippen molar-refractivity contribution in [2.75, 3.05) is 6.54 Å². The van der Waals surface area contributed by atoms with E-state index >= 15 is 0 Å². The summed E-state index contributed by atoms with van der Waals surface area (Å²) >= 11 is 0. The lowest BCUT2D eigenvalue weighted by Crippen LogP contribution is -2.45. The molecule has 0 aliphatic carbocycles. The average molecular weight is 196 g/mol. The van der Waals surface area contributed by atoms with Crippen molar-refractivity contribution in [1.82, 2.24) is 10.6 Å². The van der Waals surface area contributed by atoms with Crippen LogP contribution in [0.3, 0.4) is 0 Å². The summed E-state index contributed by atoms with van der Waals surface area (Å²) in [6, 6.07) is 2.33. The molecule has 2 saturated heterocycles. The van der Waals surface area contributed by atoms with E-state index in [1.165, 1.54) is 51.5 Å². The lowest BCUT2D eigenvalue weighted by atomic mass is 9.91. The first-order valence-electron chi connectivity index (χ1n) is 6.34. The lowest BCUT2D eigenvalue weighted by Gasteiger charge is -2.33. The predicted octanol–water partition coefficient (Wildman–Crippen LogP) is 2.05. The Morgan fingerprint density at radius 1 is 1.00 bits per heavy atom. The van der Waals surface area contributed by atoms with Crippen molar-refractivity contribution in [1.29, 1.82) is 0 Å². The molecule has 0 bridgehead atoms. The summed E-state index contributed by atoms with van der Waals surface area (Å²) in [6.07, 6.45) is 9.74. The number of hydrogen-bond donors (Lipinski definition) is 2. The van der Waals surface area contributed by atoms with Crippen LogP contribution in [0.2, 0.25) is 0 Å². The molecule has 2 N–H and O–H groups in total. The number of rotatable bonds is 2. The topological polar surface area (TPSA) is 24.1 Å². The molecule has 2 fully saturated rings. The Balaban J connectivity index is 1.72. The molecule has 2 aliphatic heterocycles. The Kier molecular flexibility index (Phi) is 3.82. The third kappa shape index (κ3) is 2.96. The quantitative estimate of drug-likeness (QED) is 0.706. The molecule has 0 aromatic heterocycles. The zero-order valence-corrected chi connectivity index (χ0v) is 9.39. The Bertz CT molecular complexity index is 164. The van der Waals surface area contributed by atoms with Gasteiger partial charge in [0, 0.05) is 18.1 Å². The molecular formula is C12H24N2. The van der Waals surface area contributed by atoms with Crippen LogP contribution in [0.4, 0.5) is 0 Å². The van der Waals surface area contributed by atoms with Gasteiger partial charge in [0.2, 0.25) is 0 Å². The van der Waals surface area contributed by atoms with Crippen LogP contribution in [0, 0.1) is 0 Å². The summed E-state index contributed by atoms with van der Waals surface area (Å²) in [7, 11) is 0. The standard InChI is InChI=1S/C12H24N2/c1-10-5-4-7-12(14-10)9-11-6-2-3-8-13-11/h10-14H,2-9H2,1H3. The molecule has 0 radical (unpaired) electrons. The Hall–Kier alpha value is -0.0800. The van der Waals surface area contributed by atoms with Gasteiger partial charge in [0.1, 0.15) is 0 Å². The summed E-state index contributed by atoms with van der Waals surface area (Å²) in [4.78, 5) is 0. The van der Waals surface area contributed by atoms with E-state index in [0.717, 1.165) is 18.1 Å². The van der Waals surface area contributed by atoms with Gasteiger partial charge in [0.25, 0.3) is 0 Å². The van der Waals surface area contributed by atoms with Gasteiger partial charge in [-0.3, -0.25) is 0 Å². The highest BCUT2D eigenvalue weighted by atomic mass is 15.0. The van der Waals surface area contributed by atoms with Gasteiger partial charge in [-0.1, -0.05) is 12.8 Å². The fourth-order valence-electron chi connectivity index (χ4n) is 2.89. The van der Waals surface area contributed by atoms with Crippen molar-refractivity contribution < 1.29 is 0 Å². The third-order valence-corrected chi connectivity index (χ3v) is 3.69. The van der Waals surface area contributed by atoms with E-state index in [2.05, 4.69) is 17.6 Å². The first-order valence-corrected chi connectivity index (χ1v) is 6.34. The van der Waals surface area contributed by atoms with Gasteiger partial charge < -0.3 is 10.6 Å². The minimum Gasteiger partial charge on any atom is -0.314 e. The van der Waals surface area contributed by atoms with Crippen LogP contribution in [0.1, 0.15) is 51.9 Å². The van der Waals surface area contributed by atoms with E-state index in [1.54, 1.807) is 0 Å². The first-order chi connectivity index (χ1) is 6.84. The van der Waals surface area contributed by atoms with Crippen molar-refractivity contribution in [2.45, 2.75) is 70.0 Å². The first kappa shape index (κ1) is 10.4. The molecule has 2 aliphatic rings. The van der Waals surface area contributed by atoms with E-state index in [9.17, 15) is 0 Å². The molecule has 0 aromatic rings. The second-order valence-corrected chi connectivity index (χ2v) is 5.08. The van der Waals surface area contributed by atoms with Crippen LogP contribution in [-0.4, -0.2) is 24.7 Å². The van der Waals surface area contributed by atoms with Crippen LogP contribution < -0.4 is 10.6 Å². The minimum absolute atomic E-state index is 0.748. The van der Waals surface area contributed by atoms with Gasteiger partial charge in [-0.15, -0.1) is 0 Å². The molecule has 0 amide bonds. The van der Waals surface area contributed by atoms with Gasteiger partial charge in [0.05, 0.1) is 0 Å². The van der Waals surface area contributed by atoms with E-state index in [0.29, 0.717) is 0 Å². The maximum Gasteiger partial charge on any atom is 0.00843 e. The maximum absolute atomic E-state index is 3.72. The van der Waals surface area contributed by atoms with Crippen LogP contribution >= 0.6 is 0 Å². The van der Waals surface area contributed by atoms with E-state index < -0.39 is 0 Å². The Labute approximate surface area is 87.8 Å². The van der Waals surface area contributed by atoms with Gasteiger partial charge in [-0.05, 0) is 45.6 Å². The molecule has 2 heteroatoms. The lowest BCUT2D eigenvalue weighted by molar-refractivity contribution is 0.274. The molecule has 3 unspecified atom stereocenters. The van der Waals surface area contributed by atoms with Crippen LogP contribution in [0.25, 0.3) is 0 Å². The molecule has 2 rings (SSSR count). The zero-order valence-electron chi connectivity index (χ0n) is 9.39. The highest BCUT2D eigenvalue weighted by Crippen LogP contribution is 2.19. The summed E-state index contributed by atoms with van der Waals surface area (Å²) in [5, 5.41) is 7.36. The second kappa shape index (κ2) is 5.13. The normalized spacial score (nSPS) is 39.6. The van der Waals surface area contributed by atoms with Crippen molar-refractivity contribution in [3.05, 3.63) is 0 Å². The highest BCUT2D eigenvalue weighted by molar-refractivity contribution is 4.83. The number of piperidine rings is 2. The number of nitrogens with one attached hydrogen (secondary N) is 2. The minimum atomic E-state index is 0.748. The summed E-state index contributed by atoms with van der Waals surface area (Å²) in [5.74, 6) is 0. The van der Waals surface area contributed by atoms with Crippen molar-refractivity contribution >= 4 is 0 Å². The molecule has 14 heavy (non-hydrogen) atoms. The van der Waals surface area contributed by atoms with E-state index in [4.69, 9.17) is 0 Å². The third-order valence-electron chi connectivity index (χ3n) is 3.69. The molecule has 2 nitrogen and oxygen atoms in total. The largest absolute Gasteiger partial charge is 0.314 e. The number of hydrogen-bond acceptors (Lipinski definition) is 2. The molecule has 2 heterocycles. The molecule has 0 saturated carbocycles. The molecule has 0 spiro atoms. The van der Waals surface area contributed by atoms with Gasteiger partial charge in [-0.2, -0.15) is 0 Å². The molecule has 82 valence electrons. The zero-order chi connectivity index (χ0) is 9.80. The van der Waals surface area contributed by atoms with Crippen molar-refractivity contribution in [3.8, 4) is 0 Å². The highest BCUT2D eigenvalue weighted by Gasteiger charge is 2.22. The van der Waals surface area contributed by atoms with Crippen LogP contribution in [-0.2, 0) is 0 Å². The fourth-order valence-corrected chi connectivity index (χ4v) is 2.89. The predicted molar refractivity (Wildman–Crippen MR) is 60.5 cm³/mol. The van der Waals surface area contributed by atoms with Crippen LogP contribution in [0.15, 0.2) is 0 Å². The Morgan fingerprint density at radius 3 is 2.57 bits per heavy atom. The molecule has 3 atom stereocenters. The van der Waals surface area contributed by atoms with Gasteiger partial charge in [0.15, 0.2) is 0 Å². The molecule has 0 aromatic carbocycles.